The number of rotatable bonds is 5. The van der Waals surface area contributed by atoms with Crippen LogP contribution in [-0.4, -0.2) is 27.4 Å². The highest BCUT2D eigenvalue weighted by Crippen LogP contribution is 2.39. The Hall–Kier alpha value is -3.44. The zero-order chi connectivity index (χ0) is 26.5. The molecule has 0 aliphatic heterocycles. The van der Waals surface area contributed by atoms with Gasteiger partial charge in [0.25, 0.3) is 5.56 Å². The van der Waals surface area contributed by atoms with Gasteiger partial charge < -0.3 is 19.4 Å². The van der Waals surface area contributed by atoms with Crippen molar-refractivity contribution in [1.29, 1.82) is 0 Å². The minimum Gasteiger partial charge on any atom is -0.336 e. The maximum atomic E-state index is 12.9. The molecule has 37 heavy (non-hydrogen) atoms. The molecule has 0 spiro atoms. The monoisotopic (exact) mass is 530 g/mol. The molecule has 0 fully saturated rings. The Bertz CT molecular complexity index is 1750. The largest absolute Gasteiger partial charge is 0.336 e. The van der Waals surface area contributed by atoms with E-state index in [2.05, 4.69) is 4.98 Å². The van der Waals surface area contributed by atoms with Crippen molar-refractivity contribution in [2.45, 2.75) is 5.54 Å². The van der Waals surface area contributed by atoms with Gasteiger partial charge in [-0.25, -0.2) is 4.98 Å². The van der Waals surface area contributed by atoms with E-state index in [0.29, 0.717) is 5.02 Å². The second-order valence-corrected chi connectivity index (χ2v) is 13.4. The van der Waals surface area contributed by atoms with E-state index in [4.69, 9.17) is 17.3 Å². The fourth-order valence-electron chi connectivity index (χ4n) is 4.87. The van der Waals surface area contributed by atoms with Crippen molar-refractivity contribution >= 4 is 35.0 Å². The number of hydrogen-bond acceptors (Lipinski definition) is 4. The highest BCUT2D eigenvalue weighted by Gasteiger charge is 2.35. The summed E-state index contributed by atoms with van der Waals surface area (Å²) in [7, 11) is 1.18. The Kier molecular flexibility index (Phi) is 6.23. The smallest absolute Gasteiger partial charge is 0.251 e. The predicted octanol–water partition coefficient (Wildman–Crippen LogP) is 5.09. The second-order valence-electron chi connectivity index (χ2n) is 9.79. The summed E-state index contributed by atoms with van der Waals surface area (Å²) in [6.45, 7) is 3.49. The lowest BCUT2D eigenvalue weighted by Gasteiger charge is -2.31. The van der Waals surface area contributed by atoms with Crippen molar-refractivity contribution < 1.29 is 4.57 Å². The summed E-state index contributed by atoms with van der Waals surface area (Å²) in [4.78, 5) is 17.3. The number of pyridine rings is 1. The van der Waals surface area contributed by atoms with Crippen LogP contribution in [-0.2, 0) is 24.2 Å². The average Bonchev–Trinajstić information content (AvgIpc) is 3.31. The fraction of sp³-hybridized carbons (Fsp3) is 0.172. The molecule has 0 saturated heterocycles. The van der Waals surface area contributed by atoms with Crippen molar-refractivity contribution in [3.8, 4) is 11.1 Å². The summed E-state index contributed by atoms with van der Waals surface area (Å²) in [5.41, 5.74) is 11.0. The van der Waals surface area contributed by atoms with Gasteiger partial charge in [-0.2, -0.15) is 0 Å². The summed E-state index contributed by atoms with van der Waals surface area (Å²) in [5, 5.41) is 2.25. The van der Waals surface area contributed by atoms with Gasteiger partial charge in [0.1, 0.15) is 12.7 Å². The zero-order valence-corrected chi connectivity index (χ0v) is 22.8. The normalized spacial score (nSPS) is 13.6. The average molecular weight is 531 g/mol. The first-order valence-corrected chi connectivity index (χ1v) is 14.8. The molecule has 0 bridgehead atoms. The summed E-state index contributed by atoms with van der Waals surface area (Å²) in [6.07, 6.45) is 3.49. The third kappa shape index (κ3) is 4.36. The van der Waals surface area contributed by atoms with Gasteiger partial charge in [-0.1, -0.05) is 48.0 Å². The SMILES string of the molecule is Cn1cncc1C(N)(c1ccc(Cl)cc1)c1ccc2c(c1)c(-c1cccc(P(C)(C)=O)c1)cc(=O)n2C. The van der Waals surface area contributed by atoms with E-state index in [1.165, 1.54) is 0 Å². The number of imidazole rings is 1. The number of hydrogen-bond donors (Lipinski definition) is 1. The Morgan fingerprint density at radius 2 is 1.65 bits per heavy atom. The van der Waals surface area contributed by atoms with E-state index in [1.54, 1.807) is 43.5 Å². The summed E-state index contributed by atoms with van der Waals surface area (Å²) < 4.78 is 16.3. The molecule has 0 aliphatic carbocycles. The standard InChI is InChI=1S/C29H28ClN4O2P/c1-33-18-32-17-27(33)29(31,20-8-11-22(30)12-9-20)21-10-13-26-25(15-21)24(16-28(35)34(26)2)19-6-5-7-23(14-19)37(3,4)36/h5-18H,31H2,1-4H3. The van der Waals surface area contributed by atoms with Crippen molar-refractivity contribution in [2.24, 2.45) is 19.8 Å². The van der Waals surface area contributed by atoms with Crippen LogP contribution in [0.3, 0.4) is 0 Å². The second kappa shape index (κ2) is 9.14. The Morgan fingerprint density at radius 3 is 2.30 bits per heavy atom. The number of nitrogens with zero attached hydrogens (tertiary/aromatic N) is 3. The maximum Gasteiger partial charge on any atom is 0.251 e. The van der Waals surface area contributed by atoms with E-state index >= 15 is 0 Å². The molecular weight excluding hydrogens is 503 g/mol. The highest BCUT2D eigenvalue weighted by molar-refractivity contribution is 7.70. The summed E-state index contributed by atoms with van der Waals surface area (Å²) in [5.74, 6) is 0. The van der Waals surface area contributed by atoms with Gasteiger partial charge in [0.15, 0.2) is 0 Å². The van der Waals surface area contributed by atoms with Crippen LogP contribution in [0.1, 0.15) is 16.8 Å². The molecule has 0 amide bonds. The molecule has 5 aromatic rings. The van der Waals surface area contributed by atoms with Gasteiger partial charge in [-0.3, -0.25) is 4.79 Å². The van der Waals surface area contributed by atoms with Crippen LogP contribution in [0.25, 0.3) is 22.0 Å². The molecular formula is C29H28ClN4O2P. The van der Waals surface area contributed by atoms with Crippen LogP contribution in [0.4, 0.5) is 0 Å². The minimum atomic E-state index is -2.49. The zero-order valence-electron chi connectivity index (χ0n) is 21.1. The fourth-order valence-corrected chi connectivity index (χ4v) is 5.89. The first-order valence-electron chi connectivity index (χ1n) is 11.8. The molecule has 0 radical (unpaired) electrons. The molecule has 1 unspecified atom stereocenters. The number of aromatic nitrogens is 3. The molecule has 0 saturated carbocycles. The Morgan fingerprint density at radius 1 is 0.946 bits per heavy atom. The quantitative estimate of drug-likeness (QED) is 0.321. The first kappa shape index (κ1) is 25.2. The third-order valence-corrected chi connectivity index (χ3v) is 8.77. The molecule has 3 aromatic carbocycles. The van der Waals surface area contributed by atoms with Crippen LogP contribution < -0.4 is 16.6 Å². The molecule has 188 valence electrons. The van der Waals surface area contributed by atoms with Crippen molar-refractivity contribution in [2.75, 3.05) is 13.3 Å². The molecule has 2 aromatic heterocycles. The predicted molar refractivity (Wildman–Crippen MR) is 152 cm³/mol. The lowest BCUT2D eigenvalue weighted by atomic mass is 9.80. The van der Waals surface area contributed by atoms with Crippen molar-refractivity contribution in [3.63, 3.8) is 0 Å². The van der Waals surface area contributed by atoms with Gasteiger partial charge in [-0.05, 0) is 65.9 Å². The van der Waals surface area contributed by atoms with Crippen LogP contribution in [0.5, 0.6) is 0 Å². The number of aryl methyl sites for hydroxylation is 2. The molecule has 2 heterocycles. The van der Waals surface area contributed by atoms with Crippen LogP contribution >= 0.6 is 18.7 Å². The topological polar surface area (TPSA) is 82.9 Å². The molecule has 8 heteroatoms. The van der Waals surface area contributed by atoms with Gasteiger partial charge in [0, 0.05) is 35.9 Å². The lowest BCUT2D eigenvalue weighted by molar-refractivity contribution is 0.588. The molecule has 0 aliphatic rings. The van der Waals surface area contributed by atoms with E-state index < -0.39 is 12.7 Å². The van der Waals surface area contributed by atoms with Crippen LogP contribution in [0, 0.1) is 0 Å². The Balaban J connectivity index is 1.83. The minimum absolute atomic E-state index is 0.125. The number of fused-ring (bicyclic) bond motifs is 1. The van der Waals surface area contributed by atoms with E-state index in [0.717, 1.165) is 44.2 Å². The number of nitrogens with two attached hydrogens (primary N) is 1. The molecule has 6 nitrogen and oxygen atoms in total. The van der Waals surface area contributed by atoms with Crippen molar-refractivity contribution in [3.05, 3.63) is 118 Å². The molecule has 1 atom stereocenters. The van der Waals surface area contributed by atoms with Gasteiger partial charge >= 0.3 is 0 Å². The maximum absolute atomic E-state index is 12.9. The molecule has 5 rings (SSSR count). The highest BCUT2D eigenvalue weighted by atomic mass is 35.5. The third-order valence-electron chi connectivity index (χ3n) is 7.00. The lowest BCUT2D eigenvalue weighted by Crippen LogP contribution is -2.41. The molecule has 2 N–H and O–H groups in total. The van der Waals surface area contributed by atoms with Gasteiger partial charge in [-0.15, -0.1) is 0 Å². The number of halogens is 1. The summed E-state index contributed by atoms with van der Waals surface area (Å²) in [6, 6.07) is 22.6. The Labute approximate surface area is 220 Å². The van der Waals surface area contributed by atoms with E-state index in [9.17, 15) is 9.36 Å². The first-order chi connectivity index (χ1) is 17.5. The van der Waals surface area contributed by atoms with Gasteiger partial charge in [0.05, 0.1) is 23.7 Å². The van der Waals surface area contributed by atoms with Crippen molar-refractivity contribution in [1.82, 2.24) is 14.1 Å². The van der Waals surface area contributed by atoms with Gasteiger partial charge in [0.2, 0.25) is 0 Å². The number of benzene rings is 3. The van der Waals surface area contributed by atoms with E-state index in [1.807, 2.05) is 78.3 Å². The summed E-state index contributed by atoms with van der Waals surface area (Å²) >= 11 is 6.20. The van der Waals surface area contributed by atoms with E-state index in [-0.39, 0.29) is 5.56 Å². The van der Waals surface area contributed by atoms with Crippen LogP contribution in [0.15, 0.2) is 90.1 Å². The van der Waals surface area contributed by atoms with Crippen LogP contribution in [0.2, 0.25) is 5.02 Å².